The molecule has 0 amide bonds. The van der Waals surface area contributed by atoms with Crippen LogP contribution < -0.4 is 0 Å². The molecular weight excluding hydrogens is 326 g/mol. The second kappa shape index (κ2) is 5.62. The minimum absolute atomic E-state index is 0.0447. The highest BCUT2D eigenvalue weighted by atomic mass is 79.9. The molecule has 20 heavy (non-hydrogen) atoms. The van der Waals surface area contributed by atoms with E-state index in [4.69, 9.17) is 0 Å². The fourth-order valence-corrected chi connectivity index (χ4v) is 2.84. The maximum atomic E-state index is 14.0. The highest BCUT2D eigenvalue weighted by Crippen LogP contribution is 2.32. The van der Waals surface area contributed by atoms with Crippen LogP contribution in [0, 0.1) is 32.4 Å². The second-order valence-electron chi connectivity index (χ2n) is 5.00. The molecule has 1 nitrogen and oxygen atoms in total. The van der Waals surface area contributed by atoms with Crippen LogP contribution in [0.25, 0.3) is 0 Å². The van der Waals surface area contributed by atoms with Gasteiger partial charge in [0.15, 0.2) is 0 Å². The van der Waals surface area contributed by atoms with E-state index in [1.165, 1.54) is 0 Å². The summed E-state index contributed by atoms with van der Waals surface area (Å²) >= 11 is 2.93. The van der Waals surface area contributed by atoms with Gasteiger partial charge in [-0.05, 0) is 65.5 Å². The molecule has 0 saturated heterocycles. The summed E-state index contributed by atoms with van der Waals surface area (Å²) in [6.07, 6.45) is -1.18. The Labute approximate surface area is 125 Å². The lowest BCUT2D eigenvalue weighted by Crippen LogP contribution is -2.08. The van der Waals surface area contributed by atoms with Gasteiger partial charge in [-0.3, -0.25) is 0 Å². The summed E-state index contributed by atoms with van der Waals surface area (Å²) in [6, 6.07) is 5.90. The van der Waals surface area contributed by atoms with E-state index in [0.717, 1.165) is 28.8 Å². The molecule has 0 heterocycles. The Morgan fingerprint density at radius 1 is 0.950 bits per heavy atom. The van der Waals surface area contributed by atoms with E-state index in [2.05, 4.69) is 15.9 Å². The van der Waals surface area contributed by atoms with Crippen LogP contribution >= 0.6 is 15.9 Å². The Morgan fingerprint density at radius 2 is 1.50 bits per heavy atom. The van der Waals surface area contributed by atoms with E-state index in [-0.39, 0.29) is 10.0 Å². The van der Waals surface area contributed by atoms with E-state index in [9.17, 15) is 13.9 Å². The van der Waals surface area contributed by atoms with E-state index in [0.29, 0.717) is 5.56 Å². The van der Waals surface area contributed by atoms with Gasteiger partial charge >= 0.3 is 0 Å². The summed E-state index contributed by atoms with van der Waals surface area (Å²) < 4.78 is 27.6. The van der Waals surface area contributed by atoms with Crippen molar-refractivity contribution in [3.63, 3.8) is 0 Å². The Kier molecular flexibility index (Phi) is 4.25. The summed E-state index contributed by atoms with van der Waals surface area (Å²) in [5.41, 5.74) is 3.35. The molecule has 1 atom stereocenters. The fraction of sp³-hybridized carbons (Fsp3) is 0.250. The van der Waals surface area contributed by atoms with Crippen molar-refractivity contribution in [2.24, 2.45) is 0 Å². The van der Waals surface area contributed by atoms with Gasteiger partial charge in [-0.2, -0.15) is 0 Å². The average Bonchev–Trinajstić information content (AvgIpc) is 2.32. The van der Waals surface area contributed by atoms with Crippen molar-refractivity contribution in [1.82, 2.24) is 0 Å². The number of benzene rings is 2. The summed E-state index contributed by atoms with van der Waals surface area (Å²) in [5, 5.41) is 10.4. The van der Waals surface area contributed by atoms with Gasteiger partial charge < -0.3 is 5.11 Å². The van der Waals surface area contributed by atoms with Crippen molar-refractivity contribution >= 4 is 15.9 Å². The van der Waals surface area contributed by atoms with Crippen LogP contribution in [-0.2, 0) is 0 Å². The Balaban J connectivity index is 2.57. The van der Waals surface area contributed by atoms with Crippen LogP contribution in [-0.4, -0.2) is 5.11 Å². The lowest BCUT2D eigenvalue weighted by molar-refractivity contribution is 0.212. The smallest absolute Gasteiger partial charge is 0.137 e. The normalized spacial score (nSPS) is 12.6. The minimum atomic E-state index is -1.18. The van der Waals surface area contributed by atoms with Crippen LogP contribution in [0.1, 0.15) is 33.9 Å². The van der Waals surface area contributed by atoms with Crippen molar-refractivity contribution in [3.8, 4) is 0 Å². The maximum absolute atomic E-state index is 14.0. The number of hydrogen-bond acceptors (Lipinski definition) is 1. The van der Waals surface area contributed by atoms with Crippen LogP contribution in [0.15, 0.2) is 28.7 Å². The third-order valence-corrected chi connectivity index (χ3v) is 3.95. The molecule has 0 aliphatic carbocycles. The van der Waals surface area contributed by atoms with Crippen LogP contribution in [0.3, 0.4) is 0 Å². The average molecular weight is 341 g/mol. The lowest BCUT2D eigenvalue weighted by atomic mass is 9.91. The first-order valence-electron chi connectivity index (χ1n) is 6.21. The predicted molar refractivity (Wildman–Crippen MR) is 78.8 cm³/mol. The summed E-state index contributed by atoms with van der Waals surface area (Å²) in [7, 11) is 0. The van der Waals surface area contributed by atoms with Gasteiger partial charge in [0, 0.05) is 5.56 Å². The molecule has 0 bridgehead atoms. The molecule has 2 aromatic rings. The number of aryl methyl sites for hydroxylation is 3. The van der Waals surface area contributed by atoms with E-state index >= 15 is 0 Å². The predicted octanol–water partition coefficient (Wildman–Crippen LogP) is 4.73. The first kappa shape index (κ1) is 15.1. The minimum Gasteiger partial charge on any atom is -0.384 e. The molecule has 4 heteroatoms. The molecule has 0 aliphatic rings. The topological polar surface area (TPSA) is 20.2 Å². The SMILES string of the molecule is Cc1cc(C)c(C(O)c2cc(F)c(Br)cc2F)c(C)c1. The first-order chi connectivity index (χ1) is 9.31. The van der Waals surface area contributed by atoms with E-state index < -0.39 is 17.7 Å². The molecule has 0 radical (unpaired) electrons. The molecule has 0 fully saturated rings. The van der Waals surface area contributed by atoms with Crippen LogP contribution in [0.2, 0.25) is 0 Å². The van der Waals surface area contributed by atoms with E-state index in [1.807, 2.05) is 32.9 Å². The third-order valence-electron chi connectivity index (χ3n) is 3.35. The van der Waals surface area contributed by atoms with Crippen LogP contribution in [0.4, 0.5) is 8.78 Å². The highest BCUT2D eigenvalue weighted by Gasteiger charge is 2.21. The fourth-order valence-electron chi connectivity index (χ4n) is 2.53. The Morgan fingerprint density at radius 3 is 2.05 bits per heavy atom. The van der Waals surface area contributed by atoms with Gasteiger partial charge in [0.25, 0.3) is 0 Å². The zero-order valence-corrected chi connectivity index (χ0v) is 13.1. The summed E-state index contributed by atoms with van der Waals surface area (Å²) in [5.74, 6) is -1.23. The molecule has 106 valence electrons. The van der Waals surface area contributed by atoms with Crippen molar-refractivity contribution in [2.45, 2.75) is 26.9 Å². The summed E-state index contributed by atoms with van der Waals surface area (Å²) in [4.78, 5) is 0. The number of aliphatic hydroxyl groups is 1. The Hall–Kier alpha value is -1.26. The van der Waals surface area contributed by atoms with Crippen molar-refractivity contribution in [1.29, 1.82) is 0 Å². The summed E-state index contributed by atoms with van der Waals surface area (Å²) in [6.45, 7) is 5.66. The zero-order chi connectivity index (χ0) is 15.0. The monoisotopic (exact) mass is 340 g/mol. The van der Waals surface area contributed by atoms with Crippen molar-refractivity contribution < 1.29 is 13.9 Å². The lowest BCUT2D eigenvalue weighted by Gasteiger charge is -2.18. The molecule has 2 rings (SSSR count). The number of halogens is 3. The molecule has 0 saturated carbocycles. The van der Waals surface area contributed by atoms with Gasteiger partial charge in [-0.1, -0.05) is 17.7 Å². The highest BCUT2D eigenvalue weighted by molar-refractivity contribution is 9.10. The zero-order valence-electron chi connectivity index (χ0n) is 11.5. The second-order valence-corrected chi connectivity index (χ2v) is 5.86. The molecule has 2 aromatic carbocycles. The molecule has 1 unspecified atom stereocenters. The number of rotatable bonds is 2. The first-order valence-corrected chi connectivity index (χ1v) is 7.00. The molecule has 0 aliphatic heterocycles. The number of hydrogen-bond donors (Lipinski definition) is 1. The van der Waals surface area contributed by atoms with Gasteiger partial charge in [-0.15, -0.1) is 0 Å². The van der Waals surface area contributed by atoms with E-state index in [1.54, 1.807) is 0 Å². The van der Waals surface area contributed by atoms with Gasteiger partial charge in [0.2, 0.25) is 0 Å². The van der Waals surface area contributed by atoms with Crippen molar-refractivity contribution in [3.05, 3.63) is 68.2 Å². The quantitative estimate of drug-likeness (QED) is 0.783. The standard InChI is InChI=1S/C16H15BrF2O/c1-8-4-9(2)15(10(3)5-8)16(20)11-6-14(19)12(17)7-13(11)18/h4-7,16,20H,1-3H3. The largest absolute Gasteiger partial charge is 0.384 e. The van der Waals surface area contributed by atoms with Gasteiger partial charge in [0.05, 0.1) is 4.47 Å². The van der Waals surface area contributed by atoms with Crippen molar-refractivity contribution in [2.75, 3.05) is 0 Å². The number of aliphatic hydroxyl groups excluding tert-OH is 1. The molecular formula is C16H15BrF2O. The molecule has 1 N–H and O–H groups in total. The third kappa shape index (κ3) is 2.76. The Bertz CT molecular complexity index is 645. The molecule has 0 aromatic heterocycles. The maximum Gasteiger partial charge on any atom is 0.137 e. The van der Waals surface area contributed by atoms with Crippen LogP contribution in [0.5, 0.6) is 0 Å². The van der Waals surface area contributed by atoms with Gasteiger partial charge in [0.1, 0.15) is 17.7 Å². The molecule has 0 spiro atoms. The van der Waals surface area contributed by atoms with Gasteiger partial charge in [-0.25, -0.2) is 8.78 Å².